The minimum absolute atomic E-state index is 0.176. The summed E-state index contributed by atoms with van der Waals surface area (Å²) in [6.07, 6.45) is 1.83. The predicted octanol–water partition coefficient (Wildman–Crippen LogP) is 12.6. The van der Waals surface area contributed by atoms with E-state index in [4.69, 9.17) is 14.4 Å². The molecule has 9 aromatic rings. The molecule has 0 unspecified atom stereocenters. The number of aryl methyl sites for hydroxylation is 3. The van der Waals surface area contributed by atoms with Crippen molar-refractivity contribution in [3.05, 3.63) is 168 Å². The highest BCUT2D eigenvalue weighted by Crippen LogP contribution is 2.45. The lowest BCUT2D eigenvalue weighted by molar-refractivity contribution is 0.477. The van der Waals surface area contributed by atoms with Gasteiger partial charge in [-0.15, -0.1) is 0 Å². The lowest BCUT2D eigenvalue weighted by Crippen LogP contribution is -2.12. The molecular weight excluding hydrogens is 639 g/mol. The number of hydrogen-bond acceptors (Lipinski definition) is 5. The second-order valence-corrected chi connectivity index (χ2v) is 13.4. The summed E-state index contributed by atoms with van der Waals surface area (Å²) in [5.41, 5.74) is 12.1. The number of hydrogen-bond donors (Lipinski definition) is 1. The van der Waals surface area contributed by atoms with E-state index >= 15 is 0 Å². The van der Waals surface area contributed by atoms with E-state index in [1.165, 1.54) is 16.7 Å². The molecule has 1 N–H and O–H groups in total. The SMILES string of the molecule is Cc1cc(C)c(-c2cc(-c3ccccc3O)nc(-c3cc(N(c4ccccn4)c4cccc5ccccc45)cc4c3oc3ccccc34)c2)c(C)c1. The standard InChI is InChI=1S/C47H35N3O2/c1-29-23-30(2)46(31(3)24-29)33-25-40(37-17-6-8-19-43(37)51)49-41(26-33)39-28-34(27-38-36-16-7-9-20-44(36)52-47(38)39)50(45-21-10-11-22-48-45)42-18-12-14-32-13-4-5-15-35(32)42/h4-28,51H,1-3H3. The quantitative estimate of drug-likeness (QED) is 0.190. The lowest BCUT2D eigenvalue weighted by Gasteiger charge is -2.26. The molecule has 52 heavy (non-hydrogen) atoms. The Labute approximate surface area is 302 Å². The number of benzene rings is 6. The van der Waals surface area contributed by atoms with Gasteiger partial charge in [-0.3, -0.25) is 4.90 Å². The van der Waals surface area contributed by atoms with Gasteiger partial charge in [0.25, 0.3) is 0 Å². The number of aromatic hydroxyl groups is 1. The van der Waals surface area contributed by atoms with Gasteiger partial charge in [0.2, 0.25) is 0 Å². The fraction of sp³-hybridized carbons (Fsp3) is 0.0638. The van der Waals surface area contributed by atoms with Gasteiger partial charge in [-0.05, 0) is 109 Å². The van der Waals surface area contributed by atoms with Gasteiger partial charge >= 0.3 is 0 Å². The van der Waals surface area contributed by atoms with Gasteiger partial charge in [0.1, 0.15) is 22.7 Å². The van der Waals surface area contributed by atoms with E-state index in [2.05, 4.69) is 111 Å². The summed E-state index contributed by atoms with van der Waals surface area (Å²) in [6.45, 7) is 6.44. The zero-order chi connectivity index (χ0) is 35.3. The molecular formula is C47H35N3O2. The molecule has 3 aromatic heterocycles. The van der Waals surface area contributed by atoms with Crippen LogP contribution in [0.1, 0.15) is 16.7 Å². The van der Waals surface area contributed by atoms with Crippen molar-refractivity contribution < 1.29 is 9.52 Å². The van der Waals surface area contributed by atoms with Crippen LogP contribution in [-0.2, 0) is 0 Å². The molecule has 0 aliphatic rings. The van der Waals surface area contributed by atoms with Crippen molar-refractivity contribution in [1.29, 1.82) is 0 Å². The number of furan rings is 1. The fourth-order valence-corrected chi connectivity index (χ4v) is 7.69. The van der Waals surface area contributed by atoms with Crippen LogP contribution in [0, 0.1) is 20.8 Å². The topological polar surface area (TPSA) is 62.4 Å². The minimum atomic E-state index is 0.176. The van der Waals surface area contributed by atoms with E-state index in [9.17, 15) is 5.11 Å². The fourth-order valence-electron chi connectivity index (χ4n) is 7.69. The van der Waals surface area contributed by atoms with Crippen LogP contribution in [0.3, 0.4) is 0 Å². The number of nitrogens with zero attached hydrogens (tertiary/aromatic N) is 3. The second kappa shape index (κ2) is 12.6. The first-order chi connectivity index (χ1) is 25.4. The molecule has 0 saturated heterocycles. The van der Waals surface area contributed by atoms with Gasteiger partial charge in [-0.25, -0.2) is 9.97 Å². The van der Waals surface area contributed by atoms with Gasteiger partial charge < -0.3 is 9.52 Å². The average Bonchev–Trinajstić information content (AvgIpc) is 3.54. The number of fused-ring (bicyclic) bond motifs is 4. The van der Waals surface area contributed by atoms with Crippen molar-refractivity contribution in [2.45, 2.75) is 20.8 Å². The Morgan fingerprint density at radius 3 is 2.08 bits per heavy atom. The Morgan fingerprint density at radius 2 is 1.29 bits per heavy atom. The number of phenols is 1. The normalized spacial score (nSPS) is 11.4. The summed E-state index contributed by atoms with van der Waals surface area (Å²) in [5, 5.41) is 15.3. The molecule has 0 radical (unpaired) electrons. The van der Waals surface area contributed by atoms with Crippen LogP contribution in [0.15, 0.2) is 156 Å². The van der Waals surface area contributed by atoms with Gasteiger partial charge in [0.05, 0.1) is 17.1 Å². The maximum absolute atomic E-state index is 11.1. The third-order valence-corrected chi connectivity index (χ3v) is 9.85. The molecule has 5 heteroatoms. The van der Waals surface area contributed by atoms with Crippen LogP contribution in [0.25, 0.3) is 66.4 Å². The monoisotopic (exact) mass is 673 g/mol. The van der Waals surface area contributed by atoms with Crippen LogP contribution in [0.2, 0.25) is 0 Å². The van der Waals surface area contributed by atoms with E-state index in [-0.39, 0.29) is 5.75 Å². The maximum Gasteiger partial charge on any atom is 0.144 e. The molecule has 0 amide bonds. The van der Waals surface area contributed by atoms with E-state index in [1.54, 1.807) is 6.07 Å². The Morgan fingerprint density at radius 1 is 0.596 bits per heavy atom. The lowest BCUT2D eigenvalue weighted by atomic mass is 9.91. The summed E-state index contributed by atoms with van der Waals surface area (Å²) >= 11 is 0. The third-order valence-electron chi connectivity index (χ3n) is 9.85. The first-order valence-electron chi connectivity index (χ1n) is 17.5. The van der Waals surface area contributed by atoms with Gasteiger partial charge in [-0.2, -0.15) is 0 Å². The summed E-state index contributed by atoms with van der Waals surface area (Å²) in [6, 6.07) is 49.4. The molecule has 0 bridgehead atoms. The number of anilines is 3. The van der Waals surface area contributed by atoms with Crippen LogP contribution in [-0.4, -0.2) is 15.1 Å². The molecule has 9 rings (SSSR count). The molecule has 6 aromatic carbocycles. The Hall–Kier alpha value is -6.72. The molecule has 250 valence electrons. The highest BCUT2D eigenvalue weighted by Gasteiger charge is 2.23. The first-order valence-corrected chi connectivity index (χ1v) is 17.5. The number of rotatable bonds is 6. The van der Waals surface area contributed by atoms with Crippen molar-refractivity contribution in [2.24, 2.45) is 0 Å². The van der Waals surface area contributed by atoms with Gasteiger partial charge in [0.15, 0.2) is 0 Å². The zero-order valence-corrected chi connectivity index (χ0v) is 29.1. The smallest absolute Gasteiger partial charge is 0.144 e. The second-order valence-electron chi connectivity index (χ2n) is 13.4. The summed E-state index contributed by atoms with van der Waals surface area (Å²) < 4.78 is 6.71. The highest BCUT2D eigenvalue weighted by atomic mass is 16.3. The summed E-state index contributed by atoms with van der Waals surface area (Å²) in [7, 11) is 0. The Balaban J connectivity index is 1.38. The third kappa shape index (κ3) is 5.35. The van der Waals surface area contributed by atoms with Gasteiger partial charge in [0, 0.05) is 39.2 Å². The number of para-hydroxylation sites is 2. The zero-order valence-electron chi connectivity index (χ0n) is 29.1. The molecule has 5 nitrogen and oxygen atoms in total. The number of phenolic OH excluding ortho intramolecular Hbond substituents is 1. The molecule has 0 aliphatic heterocycles. The van der Waals surface area contributed by atoms with E-state index in [0.717, 1.165) is 72.3 Å². The predicted molar refractivity (Wildman–Crippen MR) is 214 cm³/mol. The molecule has 0 saturated carbocycles. The van der Waals surface area contributed by atoms with Crippen LogP contribution in [0.5, 0.6) is 5.75 Å². The van der Waals surface area contributed by atoms with Crippen molar-refractivity contribution in [3.63, 3.8) is 0 Å². The molecule has 0 atom stereocenters. The van der Waals surface area contributed by atoms with Crippen molar-refractivity contribution in [2.75, 3.05) is 4.90 Å². The average molecular weight is 674 g/mol. The summed E-state index contributed by atoms with van der Waals surface area (Å²) in [5.74, 6) is 0.967. The summed E-state index contributed by atoms with van der Waals surface area (Å²) in [4.78, 5) is 12.4. The number of aromatic nitrogens is 2. The molecule has 0 spiro atoms. The number of pyridine rings is 2. The highest BCUT2D eigenvalue weighted by molar-refractivity contribution is 6.12. The van der Waals surface area contributed by atoms with Crippen molar-refractivity contribution in [1.82, 2.24) is 9.97 Å². The molecule has 3 heterocycles. The van der Waals surface area contributed by atoms with Gasteiger partial charge in [-0.1, -0.05) is 90.5 Å². The maximum atomic E-state index is 11.1. The van der Waals surface area contributed by atoms with Crippen molar-refractivity contribution in [3.8, 4) is 39.4 Å². The first kappa shape index (κ1) is 31.3. The van der Waals surface area contributed by atoms with Crippen LogP contribution < -0.4 is 4.90 Å². The van der Waals surface area contributed by atoms with E-state index in [1.807, 2.05) is 60.8 Å². The molecule has 0 fully saturated rings. The van der Waals surface area contributed by atoms with E-state index < -0.39 is 0 Å². The van der Waals surface area contributed by atoms with Crippen LogP contribution in [0.4, 0.5) is 17.2 Å². The van der Waals surface area contributed by atoms with E-state index in [0.29, 0.717) is 11.3 Å². The Kier molecular flexibility index (Phi) is 7.55. The largest absolute Gasteiger partial charge is 0.507 e. The minimum Gasteiger partial charge on any atom is -0.507 e. The molecule has 0 aliphatic carbocycles. The van der Waals surface area contributed by atoms with Crippen molar-refractivity contribution >= 4 is 49.9 Å². The Bertz CT molecular complexity index is 2770. The van der Waals surface area contributed by atoms with Crippen LogP contribution >= 0.6 is 0 Å².